The van der Waals surface area contributed by atoms with Crippen LogP contribution < -0.4 is 5.32 Å². The first kappa shape index (κ1) is 17.9. The zero-order chi connectivity index (χ0) is 16.7. The number of rotatable bonds is 8. The quantitative estimate of drug-likeness (QED) is 0.726. The predicted octanol–water partition coefficient (Wildman–Crippen LogP) is 4.13. The summed E-state index contributed by atoms with van der Waals surface area (Å²) in [5.74, 6) is 2.66. The van der Waals surface area contributed by atoms with E-state index in [4.69, 9.17) is 4.42 Å². The average Bonchev–Trinajstić information content (AvgIpc) is 2.94. The van der Waals surface area contributed by atoms with Gasteiger partial charge in [0.05, 0.1) is 11.4 Å². The first-order valence-electron chi connectivity index (χ1n) is 7.59. The van der Waals surface area contributed by atoms with Gasteiger partial charge in [0.25, 0.3) is 0 Å². The molecule has 0 aliphatic rings. The lowest BCUT2D eigenvalue weighted by Crippen LogP contribution is -2.25. The Hall–Kier alpha value is -1.40. The third-order valence-corrected chi connectivity index (χ3v) is 4.96. The van der Waals surface area contributed by atoms with E-state index in [-0.39, 0.29) is 5.91 Å². The summed E-state index contributed by atoms with van der Waals surface area (Å²) in [6.07, 6.45) is 3.01. The van der Waals surface area contributed by atoms with Gasteiger partial charge in [0.2, 0.25) is 11.8 Å². The van der Waals surface area contributed by atoms with Crippen molar-refractivity contribution < 1.29 is 9.21 Å². The zero-order valence-electron chi connectivity index (χ0n) is 13.7. The first-order chi connectivity index (χ1) is 11.1. The number of amides is 1. The molecule has 1 aromatic carbocycles. The fourth-order valence-electron chi connectivity index (χ4n) is 1.97. The van der Waals surface area contributed by atoms with Crippen molar-refractivity contribution in [1.82, 2.24) is 10.3 Å². The Kier molecular flexibility index (Phi) is 7.05. The van der Waals surface area contributed by atoms with Crippen molar-refractivity contribution in [2.75, 3.05) is 18.6 Å². The van der Waals surface area contributed by atoms with Crippen LogP contribution in [0.3, 0.4) is 0 Å². The molecule has 6 heteroatoms. The van der Waals surface area contributed by atoms with E-state index in [2.05, 4.69) is 28.7 Å². The van der Waals surface area contributed by atoms with Gasteiger partial charge in [-0.2, -0.15) is 0 Å². The molecule has 124 valence electrons. The second-order valence-corrected chi connectivity index (χ2v) is 6.96. The SMILES string of the molecule is CCCNC(=O)CSCc1nc(-c2ccc(SC)cc2)oc1C. The molecule has 0 atom stereocenters. The third-order valence-electron chi connectivity index (χ3n) is 3.27. The Morgan fingerprint density at radius 3 is 2.70 bits per heavy atom. The van der Waals surface area contributed by atoms with Crippen LogP contribution in [0, 0.1) is 6.92 Å². The highest BCUT2D eigenvalue weighted by atomic mass is 32.2. The topological polar surface area (TPSA) is 55.1 Å². The van der Waals surface area contributed by atoms with Crippen molar-refractivity contribution in [3.05, 3.63) is 35.7 Å². The molecule has 2 rings (SSSR count). The van der Waals surface area contributed by atoms with E-state index >= 15 is 0 Å². The number of nitrogens with one attached hydrogen (secondary N) is 1. The monoisotopic (exact) mass is 350 g/mol. The Bertz CT molecular complexity index is 639. The standard InChI is InChI=1S/C17H22N2O2S2/c1-4-9-18-16(20)11-23-10-15-12(2)21-17(19-15)13-5-7-14(22-3)8-6-13/h5-8H,4,9-11H2,1-3H3,(H,18,20). The molecule has 2 aromatic rings. The van der Waals surface area contributed by atoms with Crippen LogP contribution in [0.2, 0.25) is 0 Å². The number of carbonyl (C=O) groups is 1. The maximum absolute atomic E-state index is 11.6. The summed E-state index contributed by atoms with van der Waals surface area (Å²) in [4.78, 5) is 17.4. The Morgan fingerprint density at radius 2 is 2.04 bits per heavy atom. The summed E-state index contributed by atoms with van der Waals surface area (Å²) in [5.41, 5.74) is 1.88. The number of hydrogen-bond donors (Lipinski definition) is 1. The summed E-state index contributed by atoms with van der Waals surface area (Å²) in [5, 5.41) is 2.87. The molecule has 0 saturated heterocycles. The third kappa shape index (κ3) is 5.32. The van der Waals surface area contributed by atoms with Crippen molar-refractivity contribution in [2.24, 2.45) is 0 Å². The van der Waals surface area contributed by atoms with Gasteiger partial charge in [-0.25, -0.2) is 4.98 Å². The van der Waals surface area contributed by atoms with E-state index in [0.717, 1.165) is 30.0 Å². The molecule has 0 unspecified atom stereocenters. The molecule has 0 radical (unpaired) electrons. The molecular formula is C17H22N2O2S2. The van der Waals surface area contributed by atoms with Crippen LogP contribution in [0.25, 0.3) is 11.5 Å². The fourth-order valence-corrected chi connectivity index (χ4v) is 3.23. The second kappa shape index (κ2) is 9.03. The van der Waals surface area contributed by atoms with Gasteiger partial charge in [-0.15, -0.1) is 23.5 Å². The van der Waals surface area contributed by atoms with Gasteiger partial charge in [0.1, 0.15) is 5.76 Å². The van der Waals surface area contributed by atoms with Crippen LogP contribution in [0.15, 0.2) is 33.6 Å². The van der Waals surface area contributed by atoms with Crippen LogP contribution in [0.1, 0.15) is 24.8 Å². The zero-order valence-corrected chi connectivity index (χ0v) is 15.4. The molecule has 0 bridgehead atoms. The van der Waals surface area contributed by atoms with Crippen molar-refractivity contribution in [3.8, 4) is 11.5 Å². The highest BCUT2D eigenvalue weighted by Crippen LogP contribution is 2.26. The molecule has 0 fully saturated rings. The number of aromatic nitrogens is 1. The lowest BCUT2D eigenvalue weighted by molar-refractivity contribution is -0.118. The summed E-state index contributed by atoms with van der Waals surface area (Å²) < 4.78 is 5.76. The molecule has 1 amide bonds. The summed E-state index contributed by atoms with van der Waals surface area (Å²) in [7, 11) is 0. The van der Waals surface area contributed by atoms with E-state index in [9.17, 15) is 4.79 Å². The van der Waals surface area contributed by atoms with E-state index in [1.807, 2.05) is 26.0 Å². The van der Waals surface area contributed by atoms with Crippen molar-refractivity contribution in [2.45, 2.75) is 30.9 Å². The number of benzene rings is 1. The number of carbonyl (C=O) groups excluding carboxylic acids is 1. The molecule has 4 nitrogen and oxygen atoms in total. The molecule has 1 N–H and O–H groups in total. The highest BCUT2D eigenvalue weighted by Gasteiger charge is 2.12. The molecule has 0 spiro atoms. The summed E-state index contributed by atoms with van der Waals surface area (Å²) >= 11 is 3.26. The van der Waals surface area contributed by atoms with Gasteiger partial charge in [-0.3, -0.25) is 4.79 Å². The number of nitrogens with zero attached hydrogens (tertiary/aromatic N) is 1. The van der Waals surface area contributed by atoms with Crippen LogP contribution in [0.5, 0.6) is 0 Å². The van der Waals surface area contributed by atoms with Crippen molar-refractivity contribution >= 4 is 29.4 Å². The Balaban J connectivity index is 1.93. The van der Waals surface area contributed by atoms with E-state index in [1.54, 1.807) is 23.5 Å². The van der Waals surface area contributed by atoms with Gasteiger partial charge >= 0.3 is 0 Å². The van der Waals surface area contributed by atoms with Gasteiger partial charge in [-0.05, 0) is 43.9 Å². The van der Waals surface area contributed by atoms with Gasteiger partial charge in [0.15, 0.2) is 0 Å². The van der Waals surface area contributed by atoms with Crippen LogP contribution in [-0.4, -0.2) is 29.4 Å². The van der Waals surface area contributed by atoms with Gasteiger partial charge in [-0.1, -0.05) is 6.92 Å². The number of hydrogen-bond acceptors (Lipinski definition) is 5. The number of oxazole rings is 1. The molecule has 23 heavy (non-hydrogen) atoms. The second-order valence-electron chi connectivity index (χ2n) is 5.09. The van der Waals surface area contributed by atoms with E-state index in [0.29, 0.717) is 17.4 Å². The molecule has 0 aliphatic heterocycles. The smallest absolute Gasteiger partial charge is 0.230 e. The lowest BCUT2D eigenvalue weighted by Gasteiger charge is -2.02. The highest BCUT2D eigenvalue weighted by molar-refractivity contribution is 7.99. The number of aryl methyl sites for hydroxylation is 1. The maximum atomic E-state index is 11.6. The predicted molar refractivity (Wildman–Crippen MR) is 97.9 cm³/mol. The van der Waals surface area contributed by atoms with E-state index < -0.39 is 0 Å². The van der Waals surface area contributed by atoms with E-state index in [1.165, 1.54) is 4.90 Å². The van der Waals surface area contributed by atoms with Crippen molar-refractivity contribution in [1.29, 1.82) is 0 Å². The lowest BCUT2D eigenvalue weighted by atomic mass is 10.2. The summed E-state index contributed by atoms with van der Waals surface area (Å²) in [6.45, 7) is 4.69. The maximum Gasteiger partial charge on any atom is 0.230 e. The minimum Gasteiger partial charge on any atom is -0.441 e. The minimum atomic E-state index is 0.0749. The molecular weight excluding hydrogens is 328 g/mol. The van der Waals surface area contributed by atoms with Crippen LogP contribution in [-0.2, 0) is 10.5 Å². The van der Waals surface area contributed by atoms with Gasteiger partial charge < -0.3 is 9.73 Å². The normalized spacial score (nSPS) is 10.7. The first-order valence-corrected chi connectivity index (χ1v) is 9.97. The average molecular weight is 351 g/mol. The van der Waals surface area contributed by atoms with Crippen LogP contribution in [0.4, 0.5) is 0 Å². The number of thioether (sulfide) groups is 2. The molecule has 1 aromatic heterocycles. The molecule has 1 heterocycles. The summed E-state index contributed by atoms with van der Waals surface area (Å²) in [6, 6.07) is 8.16. The largest absolute Gasteiger partial charge is 0.441 e. The minimum absolute atomic E-state index is 0.0749. The molecule has 0 aliphatic carbocycles. The Labute approximate surface area is 145 Å². The molecule has 0 saturated carbocycles. The Morgan fingerprint density at radius 1 is 1.30 bits per heavy atom. The van der Waals surface area contributed by atoms with Crippen molar-refractivity contribution in [3.63, 3.8) is 0 Å². The van der Waals surface area contributed by atoms with Crippen LogP contribution >= 0.6 is 23.5 Å². The van der Waals surface area contributed by atoms with Gasteiger partial charge in [0, 0.05) is 22.8 Å². The fraction of sp³-hybridized carbons (Fsp3) is 0.412.